The van der Waals surface area contributed by atoms with Gasteiger partial charge in [-0.25, -0.2) is 8.42 Å². The van der Waals surface area contributed by atoms with Gasteiger partial charge in [-0.15, -0.1) is 0 Å². The minimum atomic E-state index is -3.97. The number of methoxy groups -OCH3 is 2. The van der Waals surface area contributed by atoms with Crippen LogP contribution in [0, 0.1) is 0 Å². The first kappa shape index (κ1) is 23.3. The Morgan fingerprint density at radius 3 is 2.35 bits per heavy atom. The second-order valence-corrected chi connectivity index (χ2v) is 9.81. The van der Waals surface area contributed by atoms with Crippen LogP contribution in [0.25, 0.3) is 0 Å². The van der Waals surface area contributed by atoms with Crippen LogP contribution in [0.15, 0.2) is 77.7 Å². The first-order chi connectivity index (χ1) is 16.3. The maximum Gasteiger partial charge on any atom is 0.244 e. The van der Waals surface area contributed by atoms with Crippen LogP contribution in [0.1, 0.15) is 17.2 Å². The number of sulfone groups is 1. The Hall–Kier alpha value is -3.85. The molecule has 34 heavy (non-hydrogen) atoms. The van der Waals surface area contributed by atoms with E-state index in [2.05, 4.69) is 5.32 Å². The molecule has 1 unspecified atom stereocenters. The van der Waals surface area contributed by atoms with E-state index in [0.29, 0.717) is 22.7 Å². The number of para-hydroxylation sites is 2. The Kier molecular flexibility index (Phi) is 6.56. The molecule has 0 aromatic heterocycles. The molecule has 0 fully saturated rings. The van der Waals surface area contributed by atoms with Gasteiger partial charge >= 0.3 is 0 Å². The first-order valence-electron chi connectivity index (χ1n) is 10.5. The Morgan fingerprint density at radius 2 is 1.65 bits per heavy atom. The van der Waals surface area contributed by atoms with E-state index in [1.807, 2.05) is 6.07 Å². The van der Waals surface area contributed by atoms with Crippen molar-refractivity contribution in [1.29, 1.82) is 0 Å². The maximum atomic E-state index is 13.7. The van der Waals surface area contributed by atoms with Crippen molar-refractivity contribution in [3.8, 4) is 11.5 Å². The number of anilines is 2. The molecule has 1 aliphatic heterocycles. The molecule has 0 aliphatic carbocycles. The monoisotopic (exact) mass is 480 g/mol. The molecule has 8 nitrogen and oxygen atoms in total. The molecule has 176 valence electrons. The van der Waals surface area contributed by atoms with Gasteiger partial charge in [0.25, 0.3) is 0 Å². The first-order valence-corrected chi connectivity index (χ1v) is 12.1. The third-order valence-electron chi connectivity index (χ3n) is 5.64. The summed E-state index contributed by atoms with van der Waals surface area (Å²) in [6.07, 6.45) is -0.328. The molecule has 0 saturated carbocycles. The number of nitrogens with one attached hydrogen (secondary N) is 1. The van der Waals surface area contributed by atoms with Crippen molar-refractivity contribution in [3.63, 3.8) is 0 Å². The highest BCUT2D eigenvalue weighted by Crippen LogP contribution is 2.42. The number of benzene rings is 3. The number of rotatable bonds is 6. The van der Waals surface area contributed by atoms with Gasteiger partial charge in [0.15, 0.2) is 21.3 Å². The fraction of sp³-hybridized carbons (Fsp3) is 0.200. The third-order valence-corrected chi connectivity index (χ3v) is 7.78. The number of carbonyl (C=O) groups is 2. The summed E-state index contributed by atoms with van der Waals surface area (Å²) in [6.45, 7) is -0.321. The van der Waals surface area contributed by atoms with Crippen LogP contribution in [0.2, 0.25) is 0 Å². The van der Waals surface area contributed by atoms with Gasteiger partial charge < -0.3 is 19.7 Å². The molecular formula is C25H24N2O6S. The smallest absolute Gasteiger partial charge is 0.244 e. The van der Waals surface area contributed by atoms with Gasteiger partial charge in [0.05, 0.1) is 30.1 Å². The van der Waals surface area contributed by atoms with Crippen molar-refractivity contribution >= 4 is 33.0 Å². The van der Waals surface area contributed by atoms with Gasteiger partial charge in [0, 0.05) is 12.1 Å². The zero-order chi connectivity index (χ0) is 24.3. The van der Waals surface area contributed by atoms with Gasteiger partial charge in [-0.1, -0.05) is 36.4 Å². The molecule has 0 radical (unpaired) electrons. The topological polar surface area (TPSA) is 102 Å². The summed E-state index contributed by atoms with van der Waals surface area (Å²) < 4.78 is 38.0. The average molecular weight is 481 g/mol. The summed E-state index contributed by atoms with van der Waals surface area (Å²) >= 11 is 0. The van der Waals surface area contributed by atoms with Gasteiger partial charge in [-0.3, -0.25) is 9.59 Å². The lowest BCUT2D eigenvalue weighted by Gasteiger charge is -2.21. The van der Waals surface area contributed by atoms with E-state index >= 15 is 0 Å². The zero-order valence-corrected chi connectivity index (χ0v) is 19.5. The molecule has 3 aromatic rings. The van der Waals surface area contributed by atoms with E-state index in [1.54, 1.807) is 54.6 Å². The molecule has 9 heteroatoms. The Balaban J connectivity index is 1.72. The van der Waals surface area contributed by atoms with Crippen molar-refractivity contribution in [1.82, 2.24) is 0 Å². The highest BCUT2D eigenvalue weighted by atomic mass is 32.2. The third kappa shape index (κ3) is 4.47. The lowest BCUT2D eigenvalue weighted by Crippen LogP contribution is -2.38. The standard InChI is InChI=1S/C25H24N2O6S/c1-32-20-13-12-17(14-21(20)33-2)23-15-25(29)27(16-24(28)26-18-8-4-3-5-9-18)19-10-6-7-11-22(19)34(23,30)31/h3-14,23H,15-16H2,1-2H3,(H,26,28). The highest BCUT2D eigenvalue weighted by Gasteiger charge is 2.40. The molecule has 0 saturated heterocycles. The molecule has 1 atom stereocenters. The Bertz CT molecular complexity index is 1320. The molecular weight excluding hydrogens is 456 g/mol. The predicted molar refractivity (Wildman–Crippen MR) is 128 cm³/mol. The van der Waals surface area contributed by atoms with E-state index in [4.69, 9.17) is 9.47 Å². The number of ether oxygens (including phenoxy) is 2. The highest BCUT2D eigenvalue weighted by molar-refractivity contribution is 7.92. The summed E-state index contributed by atoms with van der Waals surface area (Å²) in [4.78, 5) is 27.3. The van der Waals surface area contributed by atoms with Crippen molar-refractivity contribution in [3.05, 3.63) is 78.4 Å². The average Bonchev–Trinajstić information content (AvgIpc) is 2.93. The minimum Gasteiger partial charge on any atom is -0.493 e. The molecule has 2 amide bonds. The van der Waals surface area contributed by atoms with E-state index in [1.165, 1.54) is 31.3 Å². The summed E-state index contributed by atoms with van der Waals surface area (Å²) in [7, 11) is -1.03. The zero-order valence-electron chi connectivity index (χ0n) is 18.7. The van der Waals surface area contributed by atoms with Gasteiger partial charge in [-0.2, -0.15) is 0 Å². The van der Waals surface area contributed by atoms with Gasteiger partial charge in [0.2, 0.25) is 11.8 Å². The molecule has 1 heterocycles. The van der Waals surface area contributed by atoms with Crippen molar-refractivity contribution in [2.24, 2.45) is 0 Å². The fourth-order valence-corrected chi connectivity index (χ4v) is 5.89. The van der Waals surface area contributed by atoms with Crippen LogP contribution in [-0.4, -0.2) is 41.0 Å². The van der Waals surface area contributed by atoms with Crippen LogP contribution in [0.5, 0.6) is 11.5 Å². The SMILES string of the molecule is COc1ccc(C2CC(=O)N(CC(=O)Nc3ccccc3)c3ccccc3S2(=O)=O)cc1OC. The molecule has 0 bridgehead atoms. The van der Waals surface area contributed by atoms with Crippen molar-refractivity contribution in [2.75, 3.05) is 31.0 Å². The molecule has 1 N–H and O–H groups in total. The largest absolute Gasteiger partial charge is 0.493 e. The molecule has 0 spiro atoms. The molecule has 4 rings (SSSR count). The number of carbonyl (C=O) groups excluding carboxylic acids is 2. The predicted octanol–water partition coefficient (Wildman–Crippen LogP) is 3.59. The van der Waals surface area contributed by atoms with Gasteiger partial charge in [-0.05, 0) is 42.0 Å². The summed E-state index contributed by atoms with van der Waals surface area (Å²) in [5.41, 5.74) is 1.16. The van der Waals surface area contributed by atoms with Crippen LogP contribution < -0.4 is 19.7 Å². The lowest BCUT2D eigenvalue weighted by atomic mass is 10.1. The number of amides is 2. The summed E-state index contributed by atoms with van der Waals surface area (Å²) in [5, 5.41) is 1.59. The van der Waals surface area contributed by atoms with Crippen LogP contribution in [0.3, 0.4) is 0 Å². The molecule has 1 aliphatic rings. The second kappa shape index (κ2) is 9.56. The lowest BCUT2D eigenvalue weighted by molar-refractivity contribution is -0.121. The van der Waals surface area contributed by atoms with Crippen LogP contribution in [-0.2, 0) is 19.4 Å². The second-order valence-electron chi connectivity index (χ2n) is 7.71. The summed E-state index contributed by atoms with van der Waals surface area (Å²) in [5.74, 6) is -0.102. The number of nitrogens with zero attached hydrogens (tertiary/aromatic N) is 1. The van der Waals surface area contributed by atoms with E-state index < -0.39 is 26.9 Å². The Morgan fingerprint density at radius 1 is 0.971 bits per heavy atom. The summed E-state index contributed by atoms with van der Waals surface area (Å²) in [6, 6.07) is 19.9. The molecule has 3 aromatic carbocycles. The quantitative estimate of drug-likeness (QED) is 0.579. The van der Waals surface area contributed by atoms with E-state index in [9.17, 15) is 18.0 Å². The number of fused-ring (bicyclic) bond motifs is 1. The number of hydrogen-bond donors (Lipinski definition) is 1. The fourth-order valence-electron chi connectivity index (χ4n) is 3.98. The Labute approximate surface area is 198 Å². The normalized spacial score (nSPS) is 16.8. The minimum absolute atomic E-state index is 0.00635. The van der Waals surface area contributed by atoms with Crippen molar-refractivity contribution in [2.45, 2.75) is 16.6 Å². The number of hydrogen-bond acceptors (Lipinski definition) is 6. The van der Waals surface area contributed by atoms with Gasteiger partial charge in [0.1, 0.15) is 6.54 Å². The van der Waals surface area contributed by atoms with Crippen LogP contribution in [0.4, 0.5) is 11.4 Å². The maximum absolute atomic E-state index is 13.7. The van der Waals surface area contributed by atoms with Crippen LogP contribution >= 0.6 is 0 Å². The van der Waals surface area contributed by atoms with E-state index in [-0.39, 0.29) is 23.5 Å². The van der Waals surface area contributed by atoms with E-state index in [0.717, 1.165) is 0 Å². The van der Waals surface area contributed by atoms with Crippen molar-refractivity contribution < 1.29 is 27.5 Å².